The quantitative estimate of drug-likeness (QED) is 0.475. The van der Waals surface area contributed by atoms with E-state index in [0.29, 0.717) is 24.9 Å². The van der Waals surface area contributed by atoms with Crippen molar-refractivity contribution in [2.75, 3.05) is 6.54 Å². The highest BCUT2D eigenvalue weighted by molar-refractivity contribution is 7.89. The van der Waals surface area contributed by atoms with Gasteiger partial charge in [0.25, 0.3) is 10.0 Å². The highest BCUT2D eigenvalue weighted by atomic mass is 32.2. The smallest absolute Gasteiger partial charge is 0.257 e. The summed E-state index contributed by atoms with van der Waals surface area (Å²) in [5.74, 6) is 0.725. The highest BCUT2D eigenvalue weighted by Gasteiger charge is 2.19. The van der Waals surface area contributed by atoms with Crippen molar-refractivity contribution in [3.63, 3.8) is 0 Å². The van der Waals surface area contributed by atoms with E-state index >= 15 is 0 Å². The third-order valence-corrected chi connectivity index (χ3v) is 3.99. The lowest BCUT2D eigenvalue weighted by Gasteiger charge is -2.05. The van der Waals surface area contributed by atoms with Crippen LogP contribution in [0.1, 0.15) is 17.8 Å². The van der Waals surface area contributed by atoms with Gasteiger partial charge in [0.2, 0.25) is 0 Å². The van der Waals surface area contributed by atoms with Crippen molar-refractivity contribution in [2.24, 2.45) is 5.73 Å². The molecule has 0 aromatic carbocycles. The third kappa shape index (κ3) is 3.36. The van der Waals surface area contributed by atoms with Crippen LogP contribution in [0.4, 0.5) is 0 Å². The zero-order chi connectivity index (χ0) is 13.7. The van der Waals surface area contributed by atoms with Gasteiger partial charge in [-0.2, -0.15) is 10.2 Å². The fraction of sp³-hybridized carbons (Fsp3) is 0.444. The summed E-state index contributed by atoms with van der Waals surface area (Å²) < 4.78 is 26.4. The molecule has 2 rings (SSSR count). The molecule has 0 fully saturated rings. The topological polar surface area (TPSA) is 142 Å². The Morgan fingerprint density at radius 1 is 1.32 bits per heavy atom. The number of nitrogens with one attached hydrogen (secondary N) is 3. The normalized spacial score (nSPS) is 11.8. The van der Waals surface area contributed by atoms with Crippen molar-refractivity contribution >= 4 is 10.0 Å². The molecule has 0 bridgehead atoms. The number of aryl methyl sites for hydroxylation is 1. The average Bonchev–Trinajstić information content (AvgIpc) is 3.05. The van der Waals surface area contributed by atoms with E-state index < -0.39 is 10.0 Å². The molecule has 2 aromatic heterocycles. The van der Waals surface area contributed by atoms with Crippen molar-refractivity contribution < 1.29 is 8.42 Å². The molecule has 5 N–H and O–H groups in total. The van der Waals surface area contributed by atoms with Gasteiger partial charge < -0.3 is 5.73 Å². The number of nitrogens with zero attached hydrogens (tertiary/aromatic N) is 3. The Hall–Kier alpha value is -1.78. The van der Waals surface area contributed by atoms with E-state index in [9.17, 15) is 8.42 Å². The van der Waals surface area contributed by atoms with E-state index in [1.165, 1.54) is 12.5 Å². The zero-order valence-electron chi connectivity index (χ0n) is 10.1. The summed E-state index contributed by atoms with van der Waals surface area (Å²) in [6, 6.07) is 0. The molecule has 0 atom stereocenters. The Balaban J connectivity index is 1.88. The molecule has 0 aliphatic carbocycles. The van der Waals surface area contributed by atoms with Crippen LogP contribution in [0.3, 0.4) is 0 Å². The lowest BCUT2D eigenvalue weighted by Crippen LogP contribution is -2.26. The van der Waals surface area contributed by atoms with Gasteiger partial charge >= 0.3 is 0 Å². The number of sulfonamides is 1. The van der Waals surface area contributed by atoms with Crippen LogP contribution in [-0.2, 0) is 23.0 Å². The predicted octanol–water partition coefficient (Wildman–Crippen LogP) is -1.10. The monoisotopic (exact) mass is 285 g/mol. The zero-order valence-corrected chi connectivity index (χ0v) is 10.9. The van der Waals surface area contributed by atoms with E-state index in [4.69, 9.17) is 5.73 Å². The van der Waals surface area contributed by atoms with Gasteiger partial charge in [-0.05, 0) is 6.42 Å². The SMILES string of the molecule is NCc1cn[nH]c1S(=O)(=O)NCCCc1ncn[nH]1. The molecule has 0 saturated carbocycles. The van der Waals surface area contributed by atoms with Crippen LogP contribution in [-0.4, -0.2) is 40.3 Å². The van der Waals surface area contributed by atoms with E-state index in [2.05, 4.69) is 30.1 Å². The summed E-state index contributed by atoms with van der Waals surface area (Å²) in [5, 5.41) is 12.6. The molecule has 2 heterocycles. The number of nitrogens with two attached hydrogens (primary N) is 1. The molecular formula is C9H15N7O2S. The summed E-state index contributed by atoms with van der Waals surface area (Å²) in [7, 11) is -3.60. The molecule has 0 aliphatic heterocycles. The first-order chi connectivity index (χ1) is 9.13. The molecule has 0 radical (unpaired) electrons. The first-order valence-electron chi connectivity index (χ1n) is 5.69. The molecule has 10 heteroatoms. The van der Waals surface area contributed by atoms with Gasteiger partial charge in [0.15, 0.2) is 5.03 Å². The van der Waals surface area contributed by atoms with Gasteiger partial charge in [0.05, 0.1) is 6.20 Å². The van der Waals surface area contributed by atoms with Crippen LogP contribution in [0.25, 0.3) is 0 Å². The van der Waals surface area contributed by atoms with Gasteiger partial charge in [-0.15, -0.1) is 0 Å². The van der Waals surface area contributed by atoms with Gasteiger partial charge in [-0.25, -0.2) is 18.1 Å². The van der Waals surface area contributed by atoms with Crippen molar-refractivity contribution in [1.82, 2.24) is 30.1 Å². The van der Waals surface area contributed by atoms with Crippen molar-refractivity contribution in [2.45, 2.75) is 24.4 Å². The summed E-state index contributed by atoms with van der Waals surface area (Å²) in [5.41, 5.74) is 5.90. The van der Waals surface area contributed by atoms with E-state index in [1.54, 1.807) is 0 Å². The maximum absolute atomic E-state index is 12.0. The van der Waals surface area contributed by atoms with Crippen LogP contribution in [0, 0.1) is 0 Å². The highest BCUT2D eigenvalue weighted by Crippen LogP contribution is 2.10. The Bertz CT molecular complexity index is 604. The standard InChI is InChI=1S/C9H15N7O2S/c10-4-7-5-12-16-9(7)19(17,18)14-3-1-2-8-11-6-13-15-8/h5-6,14H,1-4,10H2,(H,12,16)(H,11,13,15). The number of aromatic amines is 2. The molecule has 104 valence electrons. The molecule has 0 aliphatic rings. The van der Waals surface area contributed by atoms with Gasteiger partial charge in [0, 0.05) is 25.1 Å². The minimum atomic E-state index is -3.60. The van der Waals surface area contributed by atoms with E-state index in [0.717, 1.165) is 5.82 Å². The lowest BCUT2D eigenvalue weighted by molar-refractivity contribution is 0.572. The average molecular weight is 285 g/mol. The van der Waals surface area contributed by atoms with Gasteiger partial charge in [-0.3, -0.25) is 10.2 Å². The molecule has 0 unspecified atom stereocenters. The number of rotatable bonds is 7. The molecule has 9 nitrogen and oxygen atoms in total. The van der Waals surface area contributed by atoms with E-state index in [1.807, 2.05) is 0 Å². The molecule has 0 saturated heterocycles. The maximum atomic E-state index is 12.0. The Morgan fingerprint density at radius 2 is 2.16 bits per heavy atom. The summed E-state index contributed by atoms with van der Waals surface area (Å²) in [6.45, 7) is 0.414. The number of H-pyrrole nitrogens is 2. The fourth-order valence-electron chi connectivity index (χ4n) is 1.56. The molecule has 0 amide bonds. The number of hydrogen-bond donors (Lipinski definition) is 4. The summed E-state index contributed by atoms with van der Waals surface area (Å²) >= 11 is 0. The van der Waals surface area contributed by atoms with Crippen LogP contribution in [0.2, 0.25) is 0 Å². The van der Waals surface area contributed by atoms with E-state index in [-0.39, 0.29) is 11.6 Å². The Morgan fingerprint density at radius 3 is 2.84 bits per heavy atom. The minimum absolute atomic E-state index is 0.0228. The second kappa shape index (κ2) is 5.91. The summed E-state index contributed by atoms with van der Waals surface area (Å²) in [6.07, 6.45) is 4.05. The van der Waals surface area contributed by atoms with Crippen LogP contribution < -0.4 is 10.5 Å². The van der Waals surface area contributed by atoms with Crippen LogP contribution in [0.5, 0.6) is 0 Å². The van der Waals surface area contributed by atoms with Crippen molar-refractivity contribution in [3.05, 3.63) is 23.9 Å². The first-order valence-corrected chi connectivity index (χ1v) is 7.18. The second-order valence-corrected chi connectivity index (χ2v) is 5.57. The molecule has 0 spiro atoms. The molecule has 19 heavy (non-hydrogen) atoms. The van der Waals surface area contributed by atoms with Crippen molar-refractivity contribution in [3.8, 4) is 0 Å². The lowest BCUT2D eigenvalue weighted by atomic mass is 10.3. The Kier molecular flexibility index (Phi) is 4.24. The van der Waals surface area contributed by atoms with Gasteiger partial charge in [0.1, 0.15) is 12.2 Å². The predicted molar refractivity (Wildman–Crippen MR) is 66.4 cm³/mol. The summed E-state index contributed by atoms with van der Waals surface area (Å²) in [4.78, 5) is 3.95. The van der Waals surface area contributed by atoms with Crippen LogP contribution >= 0.6 is 0 Å². The minimum Gasteiger partial charge on any atom is -0.326 e. The first kappa shape index (κ1) is 13.6. The number of hydrogen-bond acceptors (Lipinski definition) is 6. The fourth-order valence-corrected chi connectivity index (χ4v) is 2.77. The molecular weight excluding hydrogens is 270 g/mol. The van der Waals surface area contributed by atoms with Crippen LogP contribution in [0.15, 0.2) is 17.6 Å². The van der Waals surface area contributed by atoms with Crippen molar-refractivity contribution in [1.29, 1.82) is 0 Å². The Labute approximate surface area is 110 Å². The largest absolute Gasteiger partial charge is 0.326 e. The molecule has 2 aromatic rings. The number of aromatic nitrogens is 5. The van der Waals surface area contributed by atoms with Gasteiger partial charge in [-0.1, -0.05) is 0 Å². The second-order valence-electron chi connectivity index (χ2n) is 3.86. The third-order valence-electron chi connectivity index (χ3n) is 2.51. The maximum Gasteiger partial charge on any atom is 0.257 e.